The average Bonchev–Trinajstić information content (AvgIpc) is 2.90. The molecule has 0 saturated heterocycles. The highest BCUT2D eigenvalue weighted by atomic mass is 16.4. The van der Waals surface area contributed by atoms with E-state index in [9.17, 15) is 38.7 Å². The molecule has 4 amide bonds. The van der Waals surface area contributed by atoms with Crippen LogP contribution in [0.1, 0.15) is 84.0 Å². The fourth-order valence-corrected chi connectivity index (χ4v) is 4.46. The first-order valence-corrected chi connectivity index (χ1v) is 13.7. The lowest BCUT2D eigenvalue weighted by molar-refractivity contribution is -0.143. The zero-order valence-corrected chi connectivity index (χ0v) is 22.9. The van der Waals surface area contributed by atoms with Gasteiger partial charge < -0.3 is 36.6 Å². The molecule has 0 heterocycles. The van der Waals surface area contributed by atoms with Crippen LogP contribution in [0.15, 0.2) is 0 Å². The number of nitrogens with one attached hydrogen (secondary N) is 4. The molecule has 0 aromatic carbocycles. The Bertz CT molecular complexity index is 902. The number of hydrogen-bond acceptors (Lipinski definition) is 7. The van der Waals surface area contributed by atoms with E-state index in [0.717, 1.165) is 0 Å². The van der Waals surface area contributed by atoms with Gasteiger partial charge in [0.1, 0.15) is 12.1 Å². The largest absolute Gasteiger partial charge is 0.481 e. The number of carbonyl (C=O) groups excluding carboxylic acids is 4. The van der Waals surface area contributed by atoms with E-state index in [4.69, 9.17) is 10.2 Å². The Labute approximate surface area is 233 Å². The molecular weight excluding hydrogens is 528 g/mol. The van der Waals surface area contributed by atoms with E-state index in [2.05, 4.69) is 21.3 Å². The summed E-state index contributed by atoms with van der Waals surface area (Å²) in [4.78, 5) is 82.2. The number of unbranched alkanes of at least 4 members (excludes halogenated alkanes) is 1. The number of carboxylic acid groups (broad SMARTS) is 3. The van der Waals surface area contributed by atoms with Crippen LogP contribution in [0.5, 0.6) is 0 Å². The van der Waals surface area contributed by atoms with Crippen LogP contribution < -0.4 is 21.3 Å². The minimum Gasteiger partial charge on any atom is -0.481 e. The van der Waals surface area contributed by atoms with Crippen molar-refractivity contribution in [1.29, 1.82) is 0 Å². The van der Waals surface area contributed by atoms with Crippen LogP contribution in [-0.4, -0.2) is 82.0 Å². The molecule has 2 unspecified atom stereocenters. The lowest BCUT2D eigenvalue weighted by Gasteiger charge is -2.28. The van der Waals surface area contributed by atoms with Crippen LogP contribution in [-0.2, 0) is 33.6 Å². The number of aliphatic carboxylic acids is 3. The van der Waals surface area contributed by atoms with Crippen molar-refractivity contribution in [3.05, 3.63) is 0 Å². The third-order valence-corrected chi connectivity index (χ3v) is 6.77. The standard InChI is InChI=1S/C26H42N4O10/c1-2-27-25(38)18(12-14-23(35)36)29-21(32)13-11-19(26(39)40)30-24(37)17-9-7-16(8-10-17)15-28-20(31)5-3-4-6-22(33)34/h16-19H,2-15H2,1H3,(H,27,38)(H,28,31)(H,29,32)(H,30,37)(H,33,34)(H,35,36)(H,39,40). The zero-order chi connectivity index (χ0) is 30.1. The van der Waals surface area contributed by atoms with Gasteiger partial charge in [-0.1, -0.05) is 0 Å². The van der Waals surface area contributed by atoms with Crippen molar-refractivity contribution in [2.45, 2.75) is 96.1 Å². The second-order valence-electron chi connectivity index (χ2n) is 10.0. The Kier molecular flexibility index (Phi) is 15.9. The number of amides is 4. The molecule has 0 spiro atoms. The Balaban J connectivity index is 2.45. The lowest BCUT2D eigenvalue weighted by atomic mass is 9.81. The highest BCUT2D eigenvalue weighted by molar-refractivity contribution is 5.89. The van der Waals surface area contributed by atoms with Crippen LogP contribution in [0, 0.1) is 11.8 Å². The number of hydrogen-bond donors (Lipinski definition) is 7. The Morgan fingerprint density at radius 2 is 1.30 bits per heavy atom. The molecule has 0 aromatic rings. The molecule has 14 nitrogen and oxygen atoms in total. The van der Waals surface area contributed by atoms with Gasteiger partial charge >= 0.3 is 17.9 Å². The van der Waals surface area contributed by atoms with Gasteiger partial charge in [-0.15, -0.1) is 0 Å². The SMILES string of the molecule is CCNC(=O)C(CCC(=O)O)NC(=O)CCC(NC(=O)C1CCC(CNC(=O)CCCCC(=O)O)CC1)C(=O)O. The van der Waals surface area contributed by atoms with Crippen LogP contribution >= 0.6 is 0 Å². The van der Waals surface area contributed by atoms with Crippen molar-refractivity contribution in [3.63, 3.8) is 0 Å². The first-order chi connectivity index (χ1) is 18.9. The van der Waals surface area contributed by atoms with Crippen molar-refractivity contribution in [2.75, 3.05) is 13.1 Å². The maximum atomic E-state index is 12.7. The summed E-state index contributed by atoms with van der Waals surface area (Å²) in [5, 5.41) is 37.3. The Morgan fingerprint density at radius 1 is 0.700 bits per heavy atom. The van der Waals surface area contributed by atoms with E-state index in [1.807, 2.05) is 0 Å². The van der Waals surface area contributed by atoms with E-state index >= 15 is 0 Å². The van der Waals surface area contributed by atoms with E-state index in [1.165, 1.54) is 0 Å². The van der Waals surface area contributed by atoms with Crippen LogP contribution in [0.25, 0.3) is 0 Å². The molecule has 1 saturated carbocycles. The lowest BCUT2D eigenvalue weighted by Crippen LogP contribution is -2.48. The predicted octanol–water partition coefficient (Wildman–Crippen LogP) is 0.389. The van der Waals surface area contributed by atoms with Crippen molar-refractivity contribution in [1.82, 2.24) is 21.3 Å². The predicted molar refractivity (Wildman–Crippen MR) is 141 cm³/mol. The number of likely N-dealkylation sites (N-methyl/N-ethyl adjacent to an activating group) is 1. The van der Waals surface area contributed by atoms with Crippen molar-refractivity contribution in [3.8, 4) is 0 Å². The highest BCUT2D eigenvalue weighted by Gasteiger charge is 2.30. The summed E-state index contributed by atoms with van der Waals surface area (Å²) in [5.74, 6) is -5.25. The summed E-state index contributed by atoms with van der Waals surface area (Å²) in [6, 6.07) is -2.38. The van der Waals surface area contributed by atoms with Crippen molar-refractivity contribution in [2.24, 2.45) is 11.8 Å². The molecule has 1 aliphatic carbocycles. The van der Waals surface area contributed by atoms with Gasteiger partial charge in [-0.3, -0.25) is 28.8 Å². The minimum atomic E-state index is -1.31. The second kappa shape index (κ2) is 18.6. The third kappa shape index (κ3) is 14.4. The molecule has 0 radical (unpaired) electrons. The van der Waals surface area contributed by atoms with Gasteiger partial charge in [0.05, 0.1) is 0 Å². The van der Waals surface area contributed by atoms with Gasteiger partial charge in [0.15, 0.2) is 0 Å². The molecule has 0 aromatic heterocycles. The third-order valence-electron chi connectivity index (χ3n) is 6.77. The number of rotatable bonds is 19. The molecule has 0 aliphatic heterocycles. The molecule has 14 heteroatoms. The van der Waals surface area contributed by atoms with E-state index < -0.39 is 53.6 Å². The molecule has 1 aliphatic rings. The molecule has 1 fully saturated rings. The number of carboxylic acids is 3. The summed E-state index contributed by atoms with van der Waals surface area (Å²) in [6.07, 6.45) is 2.67. The van der Waals surface area contributed by atoms with E-state index in [0.29, 0.717) is 45.1 Å². The molecule has 226 valence electrons. The van der Waals surface area contributed by atoms with E-state index in [-0.39, 0.29) is 56.9 Å². The molecule has 1 rings (SSSR count). The first kappa shape index (κ1) is 34.3. The fourth-order valence-electron chi connectivity index (χ4n) is 4.46. The molecule has 40 heavy (non-hydrogen) atoms. The van der Waals surface area contributed by atoms with Crippen LogP contribution in [0.2, 0.25) is 0 Å². The second-order valence-corrected chi connectivity index (χ2v) is 10.0. The Morgan fingerprint density at radius 3 is 1.88 bits per heavy atom. The average molecular weight is 571 g/mol. The minimum absolute atomic E-state index is 0.0299. The summed E-state index contributed by atoms with van der Waals surface area (Å²) in [5.41, 5.74) is 0. The van der Waals surface area contributed by atoms with Crippen molar-refractivity contribution >= 4 is 41.5 Å². The first-order valence-electron chi connectivity index (χ1n) is 13.7. The van der Waals surface area contributed by atoms with Gasteiger partial charge in [-0.25, -0.2) is 4.79 Å². The molecule has 0 bridgehead atoms. The highest BCUT2D eigenvalue weighted by Crippen LogP contribution is 2.28. The van der Waals surface area contributed by atoms with Crippen molar-refractivity contribution < 1.29 is 48.9 Å². The van der Waals surface area contributed by atoms with Gasteiger partial charge in [0.2, 0.25) is 23.6 Å². The zero-order valence-electron chi connectivity index (χ0n) is 22.9. The van der Waals surface area contributed by atoms with Crippen LogP contribution in [0.4, 0.5) is 0 Å². The quantitative estimate of drug-likeness (QED) is 0.106. The van der Waals surface area contributed by atoms with E-state index in [1.54, 1.807) is 6.92 Å². The molecular formula is C26H42N4O10. The smallest absolute Gasteiger partial charge is 0.326 e. The van der Waals surface area contributed by atoms with Gasteiger partial charge in [-0.2, -0.15) is 0 Å². The normalized spacial score (nSPS) is 18.0. The maximum Gasteiger partial charge on any atom is 0.326 e. The topological polar surface area (TPSA) is 228 Å². The van der Waals surface area contributed by atoms with Gasteiger partial charge in [0, 0.05) is 44.7 Å². The summed E-state index contributed by atoms with van der Waals surface area (Å²) >= 11 is 0. The Hall–Kier alpha value is -3.71. The van der Waals surface area contributed by atoms with Crippen LogP contribution in [0.3, 0.4) is 0 Å². The van der Waals surface area contributed by atoms with Gasteiger partial charge in [-0.05, 0) is 64.2 Å². The fraction of sp³-hybridized carbons (Fsp3) is 0.731. The monoisotopic (exact) mass is 570 g/mol. The molecule has 2 atom stereocenters. The maximum absolute atomic E-state index is 12.7. The summed E-state index contributed by atoms with van der Waals surface area (Å²) in [6.45, 7) is 2.43. The van der Waals surface area contributed by atoms with Gasteiger partial charge in [0.25, 0.3) is 0 Å². The summed E-state index contributed by atoms with van der Waals surface area (Å²) < 4.78 is 0. The summed E-state index contributed by atoms with van der Waals surface area (Å²) in [7, 11) is 0. The number of carbonyl (C=O) groups is 7. The molecule has 7 N–H and O–H groups in total.